The number of benzene rings is 4. The van der Waals surface area contributed by atoms with E-state index in [4.69, 9.17) is 48.7 Å². The Morgan fingerprint density at radius 3 is 1.62 bits per heavy atom. The number of thiophene rings is 5. The number of amides is 6. The molecule has 9 atom stereocenters. The van der Waals surface area contributed by atoms with E-state index in [1.54, 1.807) is 123 Å². The number of aliphatic imine (C=N–C) groups is 5. The fourth-order valence-corrected chi connectivity index (χ4v) is 23.9. The molecule has 0 spiro atoms. The molecule has 12 aromatic rings. The van der Waals surface area contributed by atoms with E-state index in [0.717, 1.165) is 123 Å². The number of nitrogens with zero attached hydrogens (tertiary/aromatic N) is 20. The molecule has 7 aliphatic rings. The van der Waals surface area contributed by atoms with Crippen LogP contribution in [-0.4, -0.2) is 180 Å². The molecular formula is C106H112N26O8S5. The number of nitrogens with one attached hydrogen (secondary N) is 1. The van der Waals surface area contributed by atoms with Gasteiger partial charge in [0.05, 0.1) is 71.0 Å². The van der Waals surface area contributed by atoms with E-state index in [0.29, 0.717) is 61.3 Å². The zero-order valence-electron chi connectivity index (χ0n) is 82.0. The average Bonchev–Trinajstić information content (AvgIpc) is 1.73. The first-order chi connectivity index (χ1) is 69.4. The van der Waals surface area contributed by atoms with Gasteiger partial charge in [0.1, 0.15) is 51.6 Å². The molecule has 1 saturated heterocycles. The summed E-state index contributed by atoms with van der Waals surface area (Å²) in [5.41, 5.74) is 37.8. The number of pyridine rings is 1. The highest BCUT2D eigenvalue weighted by atomic mass is 32.1. The lowest BCUT2D eigenvalue weighted by molar-refractivity contribution is -0.137. The first kappa shape index (κ1) is 104. The van der Waals surface area contributed by atoms with E-state index in [1.807, 2.05) is 164 Å². The maximum Gasteiger partial charge on any atom is 0.410 e. The molecule has 8 aromatic heterocycles. The van der Waals surface area contributed by atoms with Gasteiger partial charge in [-0.25, -0.2) is 39.7 Å². The summed E-state index contributed by atoms with van der Waals surface area (Å²) in [6, 6.07) is 56.0. The maximum atomic E-state index is 13.6. The van der Waals surface area contributed by atoms with Crippen LogP contribution in [0.3, 0.4) is 0 Å². The van der Waals surface area contributed by atoms with E-state index in [2.05, 4.69) is 101 Å². The Kier molecular flexibility index (Phi) is 31.3. The fraction of sp³-hybridized carbons (Fsp3) is 0.330. The van der Waals surface area contributed by atoms with Crippen LogP contribution < -0.4 is 34.0 Å². The molecule has 0 radical (unpaired) electrons. The number of hydrogen-bond acceptors (Lipinski definition) is 32. The second kappa shape index (κ2) is 43.8. The Hall–Kier alpha value is -15.5. The van der Waals surface area contributed by atoms with Gasteiger partial charge in [0.15, 0.2) is 35.7 Å². The van der Waals surface area contributed by atoms with Crippen molar-refractivity contribution < 1.29 is 38.6 Å². The molecule has 19 rings (SSSR count). The SMILES string of the molecule is CCCn1cc(-c2csc([C@]3(C)CC(=O)N(C)C(N)=N3)c2)cn1.CN1C(=O)C(C#N)[C@@](C)(c2cc(-c3cccc(C#N)c3)cs2)N=C1N.CN1C(=O)C(c2ccc(C3(O)CCC3)cc2)[C@@](C)(c2ccc(C#N)s2)N=C1N.CN1C(=O)[C@@H](CCNc2cccnc2)[C@@](C)(c2cc(-c3cccc(C#N)c3)cs2)N=C1N.CN1C(=O)[C@H](C2CCN(C(=O)OCc3ccccc3)CC2)[C@@](C)(c2cc(-c3cncnc3)cs2)N=C1N. The summed E-state index contributed by atoms with van der Waals surface area (Å²) in [6.07, 6.45) is 18.0. The Balaban J connectivity index is 0.000000138. The van der Waals surface area contributed by atoms with Crippen molar-refractivity contribution in [2.75, 3.05) is 60.2 Å². The number of carbonyl (C=O) groups excluding carboxylic acids is 6. The molecular weight excluding hydrogens is 1930 g/mol. The summed E-state index contributed by atoms with van der Waals surface area (Å²) in [5, 5.41) is 63.3. The Morgan fingerprint density at radius 2 is 1.06 bits per heavy atom. The third-order valence-electron chi connectivity index (χ3n) is 27.7. The van der Waals surface area contributed by atoms with Crippen LogP contribution in [0.15, 0.2) is 242 Å². The number of carbonyl (C=O) groups is 6. The first-order valence-electron chi connectivity index (χ1n) is 47.0. The lowest BCUT2D eigenvalue weighted by Crippen LogP contribution is -2.57. The Morgan fingerprint density at radius 1 is 0.524 bits per heavy atom. The molecule has 14 heterocycles. The van der Waals surface area contributed by atoms with Crippen LogP contribution in [0.4, 0.5) is 10.5 Å². The number of aromatic nitrogens is 5. The van der Waals surface area contributed by atoms with Crippen LogP contribution in [-0.2, 0) is 75.2 Å². The van der Waals surface area contributed by atoms with Gasteiger partial charge in [-0.3, -0.25) is 58.1 Å². The minimum atomic E-state index is -1.03. The van der Waals surface area contributed by atoms with Crippen molar-refractivity contribution in [3.8, 4) is 68.8 Å². The van der Waals surface area contributed by atoms with Crippen molar-refractivity contribution >= 4 is 128 Å². The van der Waals surface area contributed by atoms with Gasteiger partial charge in [-0.15, -0.1) is 56.7 Å². The largest absolute Gasteiger partial charge is 0.445 e. The predicted molar refractivity (Wildman–Crippen MR) is 564 cm³/mol. The van der Waals surface area contributed by atoms with E-state index in [1.165, 1.54) is 60.5 Å². The van der Waals surface area contributed by atoms with Gasteiger partial charge < -0.3 is 48.7 Å². The van der Waals surface area contributed by atoms with Gasteiger partial charge >= 0.3 is 6.09 Å². The third-order valence-corrected chi connectivity index (χ3v) is 33.6. The second-order valence-corrected chi connectivity index (χ2v) is 42.1. The van der Waals surface area contributed by atoms with Crippen molar-refractivity contribution in [2.24, 2.45) is 77.3 Å². The quantitative estimate of drug-likeness (QED) is 0.0372. The molecule has 1 aliphatic carbocycles. The van der Waals surface area contributed by atoms with Crippen LogP contribution in [0.5, 0.6) is 0 Å². The number of likely N-dealkylation sites (N-methyl/N-ethyl adjacent to an activating group) is 1. The first-order valence-corrected chi connectivity index (χ1v) is 51.3. The molecule has 2 unspecified atom stereocenters. The van der Waals surface area contributed by atoms with Crippen molar-refractivity contribution in [3.05, 3.63) is 274 Å². The average molecular weight is 2040 g/mol. The van der Waals surface area contributed by atoms with Crippen LogP contribution in [0, 0.1) is 69.0 Å². The van der Waals surface area contributed by atoms with Crippen LogP contribution in [0.1, 0.15) is 156 Å². The Labute approximate surface area is 860 Å². The minimum absolute atomic E-state index is 0.00860. The molecule has 39 heteroatoms. The number of guanidine groups is 5. The smallest absolute Gasteiger partial charge is 0.410 e. The van der Waals surface area contributed by atoms with Crippen molar-refractivity contribution in [1.29, 1.82) is 21.0 Å². The van der Waals surface area contributed by atoms with Crippen molar-refractivity contribution in [3.63, 3.8) is 0 Å². The number of aliphatic hydroxyl groups is 1. The van der Waals surface area contributed by atoms with Gasteiger partial charge in [0.25, 0.3) is 0 Å². The number of nitriles is 4. The van der Waals surface area contributed by atoms with E-state index in [-0.39, 0.29) is 83.9 Å². The number of nitrogens with two attached hydrogens (primary N) is 5. The van der Waals surface area contributed by atoms with Crippen LogP contribution >= 0.6 is 56.7 Å². The lowest BCUT2D eigenvalue weighted by Gasteiger charge is -2.45. The highest BCUT2D eigenvalue weighted by Gasteiger charge is 2.54. The fourth-order valence-electron chi connectivity index (χ4n) is 18.8. The Bertz CT molecular complexity index is 7150. The van der Waals surface area contributed by atoms with Gasteiger partial charge in [-0.05, 0) is 230 Å². The molecule has 145 heavy (non-hydrogen) atoms. The summed E-state index contributed by atoms with van der Waals surface area (Å²) in [7, 11) is 8.12. The van der Waals surface area contributed by atoms with E-state index in [9.17, 15) is 49.7 Å². The number of hydrogen-bond donors (Lipinski definition) is 7. The summed E-state index contributed by atoms with van der Waals surface area (Å²) in [4.78, 5) is 127. The molecule has 34 nitrogen and oxygen atoms in total. The molecule has 12 N–H and O–H groups in total. The molecule has 1 saturated carbocycles. The second-order valence-electron chi connectivity index (χ2n) is 37.4. The van der Waals surface area contributed by atoms with Gasteiger partial charge in [0, 0.05) is 128 Å². The summed E-state index contributed by atoms with van der Waals surface area (Å²) >= 11 is 7.47. The highest BCUT2D eigenvalue weighted by Crippen LogP contribution is 2.52. The standard InChI is InChI=1S/C27H30N6O3S.C24H24N6OS.C21H22N4O2S.C18H15N5OS.C16H21N5OS/c1-27(22-12-20(16-37-22)21-13-29-17-30-14-21)23(24(34)32(2)25(28)31-27)19-8-10-33(11-9-19)26(35)36-15-18-6-4-3-5-7-18;1-24(21-12-18(15-32-21)17-6-3-5-16(11-17)13-25)20(22(31)30(2)23(26)29-24)8-10-28-19-7-4-9-27-14-19;1-20(16-9-8-15(12-22)28-16)17(18(26)25(2)19(23)24-20)13-4-6-14(7-5-13)21(27)10-3-11-21;1-18(14(9-20)16(24)23(2)17(21)22-18)15-7-13(10-25-15)12-5-3-4-11(6-12)8-19;1-4-5-21-9-12(8-18-21)11-6-13(23-10-11)16(2)7-14(22)20(3)15(17)19-16/h3-7,12-14,16-17,19,23H,8-11,15H2,1-2H3,(H2,28,31);3-7,9,11-12,14-15,20,28H,8,10H2,1-2H3,(H2,26,29);4-9,17,27H,3,10-11H2,1-2H3,(H2,23,24);3-7,10,14H,1-2H3,(H2,21,22);6,8-10H,4-5,7H2,1-3H3,(H2,17,19)/t23-,27+;20-,24+;17?,20-;14?,18-;16-/m01100/s1. The zero-order chi connectivity index (χ0) is 104. The zero-order valence-corrected chi connectivity index (χ0v) is 86.1. The highest BCUT2D eigenvalue weighted by molar-refractivity contribution is 7.13. The summed E-state index contributed by atoms with van der Waals surface area (Å²) in [5.74, 6) is -1.88. The molecule has 4 aromatic carbocycles. The van der Waals surface area contributed by atoms with Gasteiger partial charge in [-0.1, -0.05) is 85.8 Å². The maximum absolute atomic E-state index is 13.6. The normalized spacial score (nSPS) is 22.8. The number of ether oxygens (including phenoxy) is 1. The van der Waals surface area contributed by atoms with E-state index < -0.39 is 51.0 Å². The van der Waals surface area contributed by atoms with Crippen LogP contribution in [0.25, 0.3) is 44.5 Å². The third kappa shape index (κ3) is 21.9. The monoisotopic (exact) mass is 2040 g/mol. The topological polar surface area (TPSA) is 507 Å². The minimum Gasteiger partial charge on any atom is -0.445 e. The molecule has 6 amide bonds. The summed E-state index contributed by atoms with van der Waals surface area (Å²) < 4.78 is 7.47. The van der Waals surface area contributed by atoms with E-state index >= 15 is 0 Å². The molecule has 0 bridgehead atoms. The number of rotatable bonds is 20. The lowest BCUT2D eigenvalue weighted by atomic mass is 9.71. The number of anilines is 1. The van der Waals surface area contributed by atoms with Crippen molar-refractivity contribution in [2.45, 2.75) is 145 Å². The predicted octanol–water partition coefficient (Wildman–Crippen LogP) is 15.3. The molecule has 2 fully saturated rings. The molecule has 744 valence electrons. The van der Waals surface area contributed by atoms with Gasteiger partial charge in [0.2, 0.25) is 29.5 Å². The summed E-state index contributed by atoms with van der Waals surface area (Å²) in [6.45, 7) is 14.5. The van der Waals surface area contributed by atoms with Crippen molar-refractivity contribution in [1.82, 2.24) is 54.1 Å². The number of likely N-dealkylation sites (tertiary alicyclic amines) is 1. The van der Waals surface area contributed by atoms with Gasteiger partial charge in [-0.2, -0.15) is 26.1 Å². The number of aryl methyl sites for hydroxylation is 1. The van der Waals surface area contributed by atoms with Crippen LogP contribution in [0.2, 0.25) is 0 Å². The number of piperidine rings is 1. The molecule has 6 aliphatic heterocycles.